The number of aliphatic imine (C=N–C) groups is 3. The molecule has 0 radical (unpaired) electrons. The van der Waals surface area contributed by atoms with E-state index in [1.54, 1.807) is 0 Å². The van der Waals surface area contributed by atoms with Crippen molar-refractivity contribution in [3.63, 3.8) is 0 Å². The van der Waals surface area contributed by atoms with Crippen LogP contribution in [0.25, 0.3) is 0 Å². The van der Waals surface area contributed by atoms with Crippen LogP contribution in [0.15, 0.2) is 21.2 Å². The molecule has 1 aliphatic heterocycles. The molecule has 0 amide bonds. The molecule has 0 spiro atoms. The Bertz CT molecular complexity index is 206. The predicted octanol–water partition coefficient (Wildman–Crippen LogP) is 1.02. The van der Waals surface area contributed by atoms with Gasteiger partial charge in [-0.05, 0) is 0 Å². The van der Waals surface area contributed by atoms with E-state index < -0.39 is 0 Å². The SMILES string of the molecule is CCC1=NC=NC=C=N1. The second-order valence-electron chi connectivity index (χ2n) is 1.53. The molecule has 0 aromatic carbocycles. The average molecular weight is 121 g/mol. The van der Waals surface area contributed by atoms with E-state index in [1.165, 1.54) is 12.5 Å². The van der Waals surface area contributed by atoms with Crippen LogP contribution in [-0.4, -0.2) is 18.0 Å². The number of rotatable bonds is 1. The lowest BCUT2D eigenvalue weighted by Crippen LogP contribution is -1.88. The van der Waals surface area contributed by atoms with E-state index >= 15 is 0 Å². The minimum atomic E-state index is 0.771. The highest BCUT2D eigenvalue weighted by atomic mass is 15.0. The summed E-state index contributed by atoms with van der Waals surface area (Å²) in [6, 6.07) is 0. The van der Waals surface area contributed by atoms with E-state index in [0.717, 1.165) is 12.3 Å². The Labute approximate surface area is 53.6 Å². The van der Waals surface area contributed by atoms with Gasteiger partial charge in [0, 0.05) is 12.3 Å². The van der Waals surface area contributed by atoms with Crippen LogP contribution < -0.4 is 0 Å². The second-order valence-corrected chi connectivity index (χ2v) is 1.53. The van der Waals surface area contributed by atoms with Crippen molar-refractivity contribution in [2.24, 2.45) is 15.0 Å². The monoisotopic (exact) mass is 121 g/mol. The van der Waals surface area contributed by atoms with Gasteiger partial charge in [-0.1, -0.05) is 6.92 Å². The van der Waals surface area contributed by atoms with Crippen molar-refractivity contribution in [1.82, 2.24) is 0 Å². The molecule has 3 heteroatoms. The van der Waals surface area contributed by atoms with E-state index in [1.807, 2.05) is 6.92 Å². The van der Waals surface area contributed by atoms with Crippen molar-refractivity contribution >= 4 is 18.0 Å². The Kier molecular flexibility index (Phi) is 1.94. The molecular formula is C6H7N3. The van der Waals surface area contributed by atoms with Gasteiger partial charge < -0.3 is 0 Å². The first kappa shape index (κ1) is 5.92. The van der Waals surface area contributed by atoms with Crippen molar-refractivity contribution in [2.75, 3.05) is 0 Å². The largest absolute Gasteiger partial charge is 0.235 e. The van der Waals surface area contributed by atoms with Gasteiger partial charge in [-0.3, -0.25) is 0 Å². The van der Waals surface area contributed by atoms with E-state index in [0.29, 0.717) is 0 Å². The summed E-state index contributed by atoms with van der Waals surface area (Å²) in [4.78, 5) is 11.5. The van der Waals surface area contributed by atoms with Crippen LogP contribution in [0.4, 0.5) is 0 Å². The summed E-state index contributed by atoms with van der Waals surface area (Å²) >= 11 is 0. The van der Waals surface area contributed by atoms with Crippen LogP contribution in [0, 0.1) is 0 Å². The third-order valence-electron chi connectivity index (χ3n) is 0.916. The van der Waals surface area contributed by atoms with E-state index in [9.17, 15) is 0 Å². The summed E-state index contributed by atoms with van der Waals surface area (Å²) in [5, 5.41) is 0. The van der Waals surface area contributed by atoms with E-state index in [2.05, 4.69) is 20.8 Å². The minimum Gasteiger partial charge on any atom is -0.235 e. The third-order valence-corrected chi connectivity index (χ3v) is 0.916. The zero-order valence-electron chi connectivity index (χ0n) is 5.20. The molecule has 46 valence electrons. The number of hydrogen-bond donors (Lipinski definition) is 0. The molecule has 0 atom stereocenters. The lowest BCUT2D eigenvalue weighted by atomic mass is 10.4. The molecule has 0 unspecified atom stereocenters. The van der Waals surface area contributed by atoms with Crippen LogP contribution in [0.5, 0.6) is 0 Å². The molecule has 0 aliphatic carbocycles. The fourth-order valence-electron chi connectivity index (χ4n) is 0.469. The average Bonchev–Trinajstić information content (AvgIpc) is 2.13. The van der Waals surface area contributed by atoms with Crippen LogP contribution >= 0.6 is 0 Å². The van der Waals surface area contributed by atoms with Crippen molar-refractivity contribution in [3.8, 4) is 0 Å². The molecule has 0 N–H and O–H groups in total. The first-order valence-corrected chi connectivity index (χ1v) is 2.79. The van der Waals surface area contributed by atoms with Gasteiger partial charge in [-0.25, -0.2) is 9.98 Å². The summed E-state index contributed by atoms with van der Waals surface area (Å²) in [5.41, 5.74) is 0. The van der Waals surface area contributed by atoms with Crippen LogP contribution in [0.2, 0.25) is 0 Å². The lowest BCUT2D eigenvalue weighted by molar-refractivity contribution is 1.25. The third kappa shape index (κ3) is 1.63. The summed E-state index contributed by atoms with van der Waals surface area (Å²) in [7, 11) is 0. The molecular weight excluding hydrogens is 114 g/mol. The molecule has 0 saturated carbocycles. The molecule has 3 nitrogen and oxygen atoms in total. The summed E-state index contributed by atoms with van der Waals surface area (Å²) in [6.45, 7) is 1.99. The molecule has 1 aliphatic rings. The summed E-state index contributed by atoms with van der Waals surface area (Å²) in [6.07, 6.45) is 3.79. The minimum absolute atomic E-state index is 0.771. The maximum absolute atomic E-state index is 3.91. The highest BCUT2D eigenvalue weighted by Gasteiger charge is 1.87. The van der Waals surface area contributed by atoms with Crippen molar-refractivity contribution < 1.29 is 0 Å². The molecule has 0 fully saturated rings. The van der Waals surface area contributed by atoms with E-state index in [4.69, 9.17) is 0 Å². The fourth-order valence-corrected chi connectivity index (χ4v) is 0.469. The zero-order valence-corrected chi connectivity index (χ0v) is 5.20. The van der Waals surface area contributed by atoms with Gasteiger partial charge in [0.25, 0.3) is 0 Å². The first-order valence-electron chi connectivity index (χ1n) is 2.79. The van der Waals surface area contributed by atoms with Gasteiger partial charge in [0.1, 0.15) is 12.2 Å². The maximum atomic E-state index is 3.91. The summed E-state index contributed by atoms with van der Waals surface area (Å²) < 4.78 is 0. The van der Waals surface area contributed by atoms with Crippen LogP contribution in [-0.2, 0) is 0 Å². The number of nitrogens with zero attached hydrogens (tertiary/aromatic N) is 3. The molecule has 9 heavy (non-hydrogen) atoms. The topological polar surface area (TPSA) is 37.1 Å². The van der Waals surface area contributed by atoms with Gasteiger partial charge in [0.15, 0.2) is 0 Å². The van der Waals surface area contributed by atoms with Crippen LogP contribution in [0.1, 0.15) is 13.3 Å². The Morgan fingerprint density at radius 3 is 3.33 bits per heavy atom. The van der Waals surface area contributed by atoms with Crippen LogP contribution in [0.3, 0.4) is 0 Å². The molecule has 0 aromatic rings. The quantitative estimate of drug-likeness (QED) is 0.496. The first-order chi connectivity index (χ1) is 4.43. The summed E-state index contributed by atoms with van der Waals surface area (Å²) in [5.74, 6) is 3.39. The zero-order chi connectivity index (χ0) is 6.53. The van der Waals surface area contributed by atoms with Crippen molar-refractivity contribution in [1.29, 1.82) is 0 Å². The Morgan fingerprint density at radius 1 is 1.67 bits per heavy atom. The Hall–Kier alpha value is -1.21. The second kappa shape index (κ2) is 2.95. The highest BCUT2D eigenvalue weighted by Crippen LogP contribution is 1.87. The van der Waals surface area contributed by atoms with Crippen molar-refractivity contribution in [2.45, 2.75) is 13.3 Å². The molecule has 1 heterocycles. The molecule has 0 bridgehead atoms. The fraction of sp³-hybridized carbons (Fsp3) is 0.333. The Morgan fingerprint density at radius 2 is 2.56 bits per heavy atom. The molecule has 0 saturated heterocycles. The van der Waals surface area contributed by atoms with Gasteiger partial charge in [-0.2, -0.15) is 4.99 Å². The predicted molar refractivity (Wildman–Crippen MR) is 38.2 cm³/mol. The smallest absolute Gasteiger partial charge is 0.139 e. The van der Waals surface area contributed by atoms with Crippen molar-refractivity contribution in [3.05, 3.63) is 6.20 Å². The number of amidine groups is 1. The Balaban J connectivity index is 2.82. The van der Waals surface area contributed by atoms with Gasteiger partial charge >= 0.3 is 0 Å². The standard InChI is InChI=1S/C6H7N3/c1-2-6-8-4-3-7-5-9-6/h3,5H,2H2,1H3. The van der Waals surface area contributed by atoms with Gasteiger partial charge in [0.2, 0.25) is 0 Å². The van der Waals surface area contributed by atoms with Gasteiger partial charge in [-0.15, -0.1) is 0 Å². The normalized spacial score (nSPS) is 15.4. The maximum Gasteiger partial charge on any atom is 0.139 e. The molecule has 0 aromatic heterocycles. The van der Waals surface area contributed by atoms with E-state index in [-0.39, 0.29) is 0 Å². The molecule has 1 rings (SSSR count). The lowest BCUT2D eigenvalue weighted by Gasteiger charge is -1.84. The van der Waals surface area contributed by atoms with Gasteiger partial charge in [0.05, 0.1) is 6.20 Å². The highest BCUT2D eigenvalue weighted by molar-refractivity contribution is 5.94. The number of hydrogen-bond acceptors (Lipinski definition) is 3.